The van der Waals surface area contributed by atoms with E-state index in [4.69, 9.17) is 4.74 Å². The Bertz CT molecular complexity index is 1940. The first kappa shape index (κ1) is 29.0. The highest BCUT2D eigenvalue weighted by atomic mass is 19.1. The molecule has 1 amide bonds. The topological polar surface area (TPSA) is 103 Å². The molecule has 224 valence electrons. The van der Waals surface area contributed by atoms with Crippen molar-refractivity contribution in [3.05, 3.63) is 112 Å². The van der Waals surface area contributed by atoms with E-state index in [1.807, 2.05) is 62.4 Å². The van der Waals surface area contributed by atoms with E-state index in [2.05, 4.69) is 27.5 Å². The van der Waals surface area contributed by atoms with E-state index in [1.165, 1.54) is 23.0 Å². The number of carbonyl (C=O) groups excluding carboxylic acids is 1. The Morgan fingerprint density at radius 2 is 1.84 bits per heavy atom. The molecule has 1 aliphatic heterocycles. The zero-order valence-electron chi connectivity index (χ0n) is 24.9. The second-order valence-corrected chi connectivity index (χ2v) is 11.1. The molecule has 0 radical (unpaired) electrons. The molecule has 6 rings (SSSR count). The Hall–Kier alpha value is -5.12. The number of carbonyl (C=O) groups is 1. The number of nitrogens with zero attached hydrogens (tertiary/aromatic N) is 5. The molecule has 0 fully saturated rings. The van der Waals surface area contributed by atoms with Gasteiger partial charge in [-0.15, -0.1) is 0 Å². The van der Waals surface area contributed by atoms with Crippen LogP contribution in [0.25, 0.3) is 22.6 Å². The van der Waals surface area contributed by atoms with Crippen LogP contribution in [0.5, 0.6) is 5.75 Å². The maximum absolute atomic E-state index is 15.1. The number of benzene rings is 3. The van der Waals surface area contributed by atoms with Gasteiger partial charge in [-0.25, -0.2) is 18.9 Å². The SMILES string of the molecule is CCCCc1c(Cc2ccc(-c3ccccc3)c(C3=NNC(=O)C3)c2)c(=O)n(-c2ccc(OC(C)C)c(F)c2)c2ncnn12. The first-order valence-corrected chi connectivity index (χ1v) is 14.8. The van der Waals surface area contributed by atoms with Crippen LogP contribution in [0.1, 0.15) is 62.4 Å². The van der Waals surface area contributed by atoms with Gasteiger partial charge >= 0.3 is 0 Å². The number of hydrogen-bond acceptors (Lipinski definition) is 6. The Kier molecular flexibility index (Phi) is 8.06. The number of aromatic nitrogens is 4. The van der Waals surface area contributed by atoms with Crippen molar-refractivity contribution in [2.75, 3.05) is 0 Å². The summed E-state index contributed by atoms with van der Waals surface area (Å²) in [7, 11) is 0. The molecule has 1 N–H and O–H groups in total. The molecule has 0 unspecified atom stereocenters. The number of hydrogen-bond donors (Lipinski definition) is 1. The first-order valence-electron chi connectivity index (χ1n) is 14.8. The van der Waals surface area contributed by atoms with Crippen LogP contribution in [0.3, 0.4) is 0 Å². The maximum atomic E-state index is 15.1. The summed E-state index contributed by atoms with van der Waals surface area (Å²) in [6.07, 6.45) is 4.07. The lowest BCUT2D eigenvalue weighted by Gasteiger charge is -2.17. The van der Waals surface area contributed by atoms with Gasteiger partial charge in [0.15, 0.2) is 11.6 Å². The van der Waals surface area contributed by atoms with E-state index in [0.717, 1.165) is 40.8 Å². The summed E-state index contributed by atoms with van der Waals surface area (Å²) in [6, 6.07) is 20.4. The van der Waals surface area contributed by atoms with Crippen LogP contribution in [0.15, 0.2) is 83.0 Å². The van der Waals surface area contributed by atoms with Crippen LogP contribution in [-0.4, -0.2) is 36.9 Å². The van der Waals surface area contributed by atoms with Gasteiger partial charge in [-0.05, 0) is 61.6 Å². The number of hydrazone groups is 1. The van der Waals surface area contributed by atoms with Gasteiger partial charge in [0.05, 0.1) is 29.6 Å². The van der Waals surface area contributed by atoms with Crippen LogP contribution in [0.2, 0.25) is 0 Å². The average Bonchev–Trinajstić information content (AvgIpc) is 3.68. The molecular formula is C34H33FN6O3. The summed E-state index contributed by atoms with van der Waals surface area (Å²) in [5, 5.41) is 8.79. The zero-order valence-corrected chi connectivity index (χ0v) is 24.9. The van der Waals surface area contributed by atoms with Gasteiger partial charge in [-0.1, -0.05) is 55.8 Å². The monoisotopic (exact) mass is 592 g/mol. The highest BCUT2D eigenvalue weighted by Crippen LogP contribution is 2.29. The number of unbranched alkanes of at least 4 members (excludes halogenated alkanes) is 1. The third-order valence-electron chi connectivity index (χ3n) is 7.60. The Morgan fingerprint density at radius 3 is 2.55 bits per heavy atom. The van der Waals surface area contributed by atoms with Gasteiger partial charge in [0.2, 0.25) is 11.7 Å². The molecule has 0 bridgehead atoms. The zero-order chi connectivity index (χ0) is 30.8. The molecule has 3 aromatic carbocycles. The van der Waals surface area contributed by atoms with Crippen molar-refractivity contribution in [1.29, 1.82) is 0 Å². The molecule has 0 atom stereocenters. The van der Waals surface area contributed by atoms with E-state index in [9.17, 15) is 9.59 Å². The van der Waals surface area contributed by atoms with Crippen LogP contribution < -0.4 is 15.7 Å². The lowest BCUT2D eigenvalue weighted by atomic mass is 9.91. The van der Waals surface area contributed by atoms with Crippen molar-refractivity contribution in [3.8, 4) is 22.6 Å². The second-order valence-electron chi connectivity index (χ2n) is 11.1. The van der Waals surface area contributed by atoms with E-state index in [1.54, 1.807) is 10.6 Å². The lowest BCUT2D eigenvalue weighted by molar-refractivity contribution is -0.119. The average molecular weight is 593 g/mol. The van der Waals surface area contributed by atoms with E-state index < -0.39 is 5.82 Å². The summed E-state index contributed by atoms with van der Waals surface area (Å²) in [6.45, 7) is 5.74. The molecule has 9 nitrogen and oxygen atoms in total. The van der Waals surface area contributed by atoms with Crippen molar-refractivity contribution >= 4 is 17.4 Å². The standard InChI is InChI=1S/C34H33FN6O3/c1-4-5-11-30-27(17-22-12-14-25(23-9-7-6-8-10-23)26(16-22)29-19-32(42)39-38-29)33(43)40(34-36-20-37-41(30)34)24-13-15-31(28(35)18-24)44-21(2)3/h6-10,12-16,18,20-21H,4-5,11,17,19H2,1-3H3,(H,39,42). The van der Waals surface area contributed by atoms with Crippen molar-refractivity contribution < 1.29 is 13.9 Å². The van der Waals surface area contributed by atoms with Crippen molar-refractivity contribution in [1.82, 2.24) is 24.6 Å². The highest BCUT2D eigenvalue weighted by molar-refractivity contribution is 6.16. The number of aryl methyl sites for hydroxylation is 1. The van der Waals surface area contributed by atoms with Crippen molar-refractivity contribution in [3.63, 3.8) is 0 Å². The quantitative estimate of drug-likeness (QED) is 0.226. The van der Waals surface area contributed by atoms with Crippen LogP contribution >= 0.6 is 0 Å². The molecule has 0 spiro atoms. The van der Waals surface area contributed by atoms with Crippen LogP contribution in [0, 0.1) is 5.82 Å². The molecule has 0 aliphatic carbocycles. The minimum atomic E-state index is -0.570. The Labute approximate surface area is 254 Å². The van der Waals surface area contributed by atoms with E-state index >= 15 is 4.39 Å². The molecule has 5 aromatic rings. The number of nitrogens with one attached hydrogen (secondary N) is 1. The minimum Gasteiger partial charge on any atom is -0.488 e. The number of amides is 1. The van der Waals surface area contributed by atoms with Gasteiger partial charge in [-0.3, -0.25) is 9.59 Å². The fourth-order valence-electron chi connectivity index (χ4n) is 5.58. The van der Waals surface area contributed by atoms with E-state index in [-0.39, 0.29) is 29.7 Å². The molecule has 1 aliphatic rings. The summed E-state index contributed by atoms with van der Waals surface area (Å²) in [5.41, 5.74) is 8.18. The molecule has 2 aromatic heterocycles. The van der Waals surface area contributed by atoms with Crippen molar-refractivity contribution in [2.24, 2.45) is 5.10 Å². The molecule has 0 saturated carbocycles. The highest BCUT2D eigenvalue weighted by Gasteiger charge is 2.23. The fraction of sp³-hybridized carbons (Fsp3) is 0.265. The smallest absolute Gasteiger partial charge is 0.263 e. The number of halogens is 1. The largest absolute Gasteiger partial charge is 0.488 e. The van der Waals surface area contributed by atoms with Crippen LogP contribution in [0.4, 0.5) is 4.39 Å². The lowest BCUT2D eigenvalue weighted by Crippen LogP contribution is -2.28. The molecule has 44 heavy (non-hydrogen) atoms. The Balaban J connectivity index is 1.50. The predicted molar refractivity (Wildman–Crippen MR) is 167 cm³/mol. The molecule has 3 heterocycles. The molecule has 0 saturated heterocycles. The minimum absolute atomic E-state index is 0.114. The summed E-state index contributed by atoms with van der Waals surface area (Å²) >= 11 is 0. The van der Waals surface area contributed by atoms with Gasteiger partial charge in [0.1, 0.15) is 6.33 Å². The first-order chi connectivity index (χ1) is 21.3. The van der Waals surface area contributed by atoms with Crippen LogP contribution in [-0.2, 0) is 17.6 Å². The number of ether oxygens (including phenoxy) is 1. The Morgan fingerprint density at radius 1 is 1.02 bits per heavy atom. The van der Waals surface area contributed by atoms with Gasteiger partial charge < -0.3 is 4.74 Å². The summed E-state index contributed by atoms with van der Waals surface area (Å²) in [5.74, 6) is -0.309. The number of rotatable bonds is 10. The summed E-state index contributed by atoms with van der Waals surface area (Å²) < 4.78 is 23.8. The molecular weight excluding hydrogens is 559 g/mol. The van der Waals surface area contributed by atoms with E-state index in [0.29, 0.717) is 35.6 Å². The van der Waals surface area contributed by atoms with Gasteiger partial charge in [0.25, 0.3) is 5.56 Å². The van der Waals surface area contributed by atoms with Crippen molar-refractivity contribution in [2.45, 2.75) is 59.0 Å². The predicted octanol–water partition coefficient (Wildman–Crippen LogP) is 5.63. The number of fused-ring (bicyclic) bond motifs is 1. The third-order valence-corrected chi connectivity index (χ3v) is 7.60. The third kappa shape index (κ3) is 5.62. The summed E-state index contributed by atoms with van der Waals surface area (Å²) in [4.78, 5) is 30.9. The maximum Gasteiger partial charge on any atom is 0.263 e. The fourth-order valence-corrected chi connectivity index (χ4v) is 5.58. The van der Waals surface area contributed by atoms with Gasteiger partial charge in [-0.2, -0.15) is 15.2 Å². The normalized spacial score (nSPS) is 13.0. The van der Waals surface area contributed by atoms with Gasteiger partial charge in [0, 0.05) is 23.6 Å². The molecule has 10 heteroatoms. The second kappa shape index (κ2) is 12.2.